The summed E-state index contributed by atoms with van der Waals surface area (Å²) in [5.41, 5.74) is 2.96. The molecule has 0 atom stereocenters. The van der Waals surface area contributed by atoms with E-state index in [1.165, 1.54) is 0 Å². The van der Waals surface area contributed by atoms with E-state index in [9.17, 15) is 9.90 Å². The van der Waals surface area contributed by atoms with Gasteiger partial charge in [-0.15, -0.1) is 0 Å². The van der Waals surface area contributed by atoms with Gasteiger partial charge in [0.15, 0.2) is 5.82 Å². The highest BCUT2D eigenvalue weighted by Gasteiger charge is 2.22. The molecule has 0 radical (unpaired) electrons. The SMILES string of the molecule is CC(C)Cn1nc(C(C)(C)C)nc1Cc1ccc(-c2ccccc2C(=O)O)cc1. The molecule has 5 nitrogen and oxygen atoms in total. The van der Waals surface area contributed by atoms with Crippen LogP contribution in [0.25, 0.3) is 11.1 Å². The lowest BCUT2D eigenvalue weighted by Crippen LogP contribution is -2.15. The van der Waals surface area contributed by atoms with E-state index in [0.29, 0.717) is 17.9 Å². The number of carboxylic acids is 1. The van der Waals surface area contributed by atoms with Gasteiger partial charge >= 0.3 is 5.97 Å². The molecule has 0 aliphatic carbocycles. The molecule has 0 saturated carbocycles. The van der Waals surface area contributed by atoms with Crippen molar-refractivity contribution in [1.29, 1.82) is 0 Å². The van der Waals surface area contributed by atoms with Crippen molar-refractivity contribution in [1.82, 2.24) is 14.8 Å². The minimum atomic E-state index is -0.916. The van der Waals surface area contributed by atoms with Crippen molar-refractivity contribution in [3.8, 4) is 11.1 Å². The van der Waals surface area contributed by atoms with Crippen LogP contribution in [0.1, 0.15) is 62.2 Å². The van der Waals surface area contributed by atoms with Gasteiger partial charge in [-0.1, -0.05) is 77.1 Å². The van der Waals surface area contributed by atoms with Gasteiger partial charge in [0.25, 0.3) is 0 Å². The largest absolute Gasteiger partial charge is 0.478 e. The van der Waals surface area contributed by atoms with Crippen molar-refractivity contribution in [2.24, 2.45) is 5.92 Å². The van der Waals surface area contributed by atoms with Crippen molar-refractivity contribution in [2.75, 3.05) is 0 Å². The fraction of sp³-hybridized carbons (Fsp3) is 0.375. The van der Waals surface area contributed by atoms with E-state index in [2.05, 4.69) is 34.6 Å². The molecule has 0 spiro atoms. The first-order valence-electron chi connectivity index (χ1n) is 10.0. The summed E-state index contributed by atoms with van der Waals surface area (Å²) in [7, 11) is 0. The van der Waals surface area contributed by atoms with Crippen molar-refractivity contribution >= 4 is 5.97 Å². The van der Waals surface area contributed by atoms with Gasteiger partial charge in [0.1, 0.15) is 5.82 Å². The maximum absolute atomic E-state index is 11.5. The van der Waals surface area contributed by atoms with Gasteiger partial charge in [0.2, 0.25) is 0 Å². The second-order valence-corrected chi connectivity index (χ2v) is 8.90. The molecule has 3 rings (SSSR count). The predicted molar refractivity (Wildman–Crippen MR) is 115 cm³/mol. The zero-order valence-electron chi connectivity index (χ0n) is 17.8. The van der Waals surface area contributed by atoms with Crippen LogP contribution in [0.4, 0.5) is 0 Å². The van der Waals surface area contributed by atoms with Crippen LogP contribution >= 0.6 is 0 Å². The molecule has 0 bridgehead atoms. The number of aromatic carboxylic acids is 1. The first-order chi connectivity index (χ1) is 13.6. The Morgan fingerprint density at radius 1 is 1.07 bits per heavy atom. The second-order valence-electron chi connectivity index (χ2n) is 8.90. The molecular formula is C24H29N3O2. The minimum Gasteiger partial charge on any atom is -0.478 e. The Morgan fingerprint density at radius 2 is 1.72 bits per heavy atom. The van der Waals surface area contributed by atoms with Gasteiger partial charge in [-0.25, -0.2) is 14.5 Å². The Bertz CT molecular complexity index is 996. The van der Waals surface area contributed by atoms with Crippen LogP contribution in [0, 0.1) is 5.92 Å². The third-order valence-electron chi connectivity index (χ3n) is 4.74. The average Bonchev–Trinajstić information content (AvgIpc) is 3.04. The van der Waals surface area contributed by atoms with Crippen molar-refractivity contribution < 1.29 is 9.90 Å². The summed E-state index contributed by atoms with van der Waals surface area (Å²) >= 11 is 0. The molecule has 3 aromatic rings. The third kappa shape index (κ3) is 4.91. The number of hydrogen-bond acceptors (Lipinski definition) is 3. The zero-order chi connectivity index (χ0) is 21.2. The molecule has 0 aliphatic rings. The van der Waals surface area contributed by atoms with Crippen LogP contribution < -0.4 is 0 Å². The van der Waals surface area contributed by atoms with Gasteiger partial charge in [-0.2, -0.15) is 5.10 Å². The number of benzene rings is 2. The number of aromatic nitrogens is 3. The molecule has 1 aromatic heterocycles. The number of carboxylic acid groups (broad SMARTS) is 1. The Hall–Kier alpha value is -2.95. The molecular weight excluding hydrogens is 362 g/mol. The van der Waals surface area contributed by atoms with E-state index in [4.69, 9.17) is 10.1 Å². The van der Waals surface area contributed by atoms with E-state index in [-0.39, 0.29) is 5.41 Å². The quantitative estimate of drug-likeness (QED) is 0.628. The van der Waals surface area contributed by atoms with Gasteiger partial charge < -0.3 is 5.11 Å². The van der Waals surface area contributed by atoms with Crippen LogP contribution in [0.3, 0.4) is 0 Å². The van der Waals surface area contributed by atoms with Gasteiger partial charge in [0, 0.05) is 18.4 Å². The maximum atomic E-state index is 11.5. The summed E-state index contributed by atoms with van der Waals surface area (Å²) in [6.07, 6.45) is 0.691. The van der Waals surface area contributed by atoms with Gasteiger partial charge in [-0.3, -0.25) is 0 Å². The molecule has 0 saturated heterocycles. The summed E-state index contributed by atoms with van der Waals surface area (Å²) in [5.74, 6) is 1.39. The lowest BCUT2D eigenvalue weighted by atomic mass is 9.96. The van der Waals surface area contributed by atoms with E-state index < -0.39 is 5.97 Å². The van der Waals surface area contributed by atoms with Gasteiger partial charge in [0.05, 0.1) is 5.56 Å². The molecule has 0 unspecified atom stereocenters. The number of carbonyl (C=O) groups is 1. The number of nitrogens with zero attached hydrogens (tertiary/aromatic N) is 3. The fourth-order valence-corrected chi connectivity index (χ4v) is 3.22. The molecule has 0 amide bonds. The molecule has 1 N–H and O–H groups in total. The summed E-state index contributed by atoms with van der Waals surface area (Å²) in [4.78, 5) is 16.3. The molecule has 1 heterocycles. The van der Waals surface area contributed by atoms with E-state index in [0.717, 1.165) is 34.9 Å². The minimum absolute atomic E-state index is 0.0959. The van der Waals surface area contributed by atoms with Crippen molar-refractivity contribution in [3.05, 3.63) is 71.3 Å². The molecule has 152 valence electrons. The topological polar surface area (TPSA) is 68.0 Å². The van der Waals surface area contributed by atoms with E-state index >= 15 is 0 Å². The molecule has 29 heavy (non-hydrogen) atoms. The van der Waals surface area contributed by atoms with Crippen LogP contribution in [-0.4, -0.2) is 25.8 Å². The monoisotopic (exact) mass is 391 g/mol. The average molecular weight is 392 g/mol. The fourth-order valence-electron chi connectivity index (χ4n) is 3.22. The number of rotatable bonds is 6. The molecule has 5 heteroatoms. The highest BCUT2D eigenvalue weighted by atomic mass is 16.4. The predicted octanol–water partition coefficient (Wildman–Crippen LogP) is 5.19. The van der Waals surface area contributed by atoms with E-state index in [1.54, 1.807) is 12.1 Å². The highest BCUT2D eigenvalue weighted by Crippen LogP contribution is 2.25. The summed E-state index contributed by atoms with van der Waals surface area (Å²) in [6.45, 7) is 11.6. The Morgan fingerprint density at radius 3 is 2.31 bits per heavy atom. The van der Waals surface area contributed by atoms with Gasteiger partial charge in [-0.05, 0) is 28.7 Å². The lowest BCUT2D eigenvalue weighted by Gasteiger charge is -2.12. The van der Waals surface area contributed by atoms with Crippen molar-refractivity contribution in [2.45, 2.75) is 53.0 Å². The van der Waals surface area contributed by atoms with Crippen molar-refractivity contribution in [3.63, 3.8) is 0 Å². The maximum Gasteiger partial charge on any atom is 0.336 e. The Kier molecular flexibility index (Phi) is 5.87. The Labute approximate surface area is 172 Å². The normalized spacial score (nSPS) is 11.8. The zero-order valence-corrected chi connectivity index (χ0v) is 17.8. The van der Waals surface area contributed by atoms with Crippen LogP contribution in [-0.2, 0) is 18.4 Å². The number of hydrogen-bond donors (Lipinski definition) is 1. The molecule has 0 aliphatic heterocycles. The summed E-state index contributed by atoms with van der Waals surface area (Å²) in [5, 5.41) is 14.2. The highest BCUT2D eigenvalue weighted by molar-refractivity contribution is 5.95. The first-order valence-corrected chi connectivity index (χ1v) is 10.0. The summed E-state index contributed by atoms with van der Waals surface area (Å²) < 4.78 is 2.03. The summed E-state index contributed by atoms with van der Waals surface area (Å²) in [6, 6.07) is 15.1. The van der Waals surface area contributed by atoms with Crippen LogP contribution in [0.2, 0.25) is 0 Å². The molecule has 2 aromatic carbocycles. The molecule has 0 fully saturated rings. The van der Waals surface area contributed by atoms with E-state index in [1.807, 2.05) is 41.1 Å². The van der Waals surface area contributed by atoms with Crippen LogP contribution in [0.15, 0.2) is 48.5 Å². The standard InChI is InChI=1S/C24H29N3O2/c1-16(2)15-27-21(25-23(26-27)24(3,4)5)14-17-10-12-18(13-11-17)19-8-6-7-9-20(19)22(28)29/h6-13,16H,14-15H2,1-5H3,(H,28,29). The second kappa shape index (κ2) is 8.19. The Balaban J connectivity index is 1.89. The first kappa shape index (κ1) is 20.8. The lowest BCUT2D eigenvalue weighted by molar-refractivity contribution is 0.0697. The smallest absolute Gasteiger partial charge is 0.336 e. The third-order valence-corrected chi connectivity index (χ3v) is 4.74. The van der Waals surface area contributed by atoms with Crippen LogP contribution in [0.5, 0.6) is 0 Å².